The average molecular weight is 388 g/mol. The summed E-state index contributed by atoms with van der Waals surface area (Å²) in [4.78, 5) is 10.7. The molecular formula is C21H20N6O2. The molecule has 1 aliphatic heterocycles. The van der Waals surface area contributed by atoms with Crippen LogP contribution in [0.25, 0.3) is 16.8 Å². The Balaban J connectivity index is 1.44. The normalized spacial score (nSPS) is 14.3. The van der Waals surface area contributed by atoms with Crippen molar-refractivity contribution in [3.63, 3.8) is 0 Å². The lowest BCUT2D eigenvalue weighted by molar-refractivity contribution is 0.122. The van der Waals surface area contributed by atoms with Crippen molar-refractivity contribution in [1.82, 2.24) is 19.6 Å². The molecule has 3 aromatic heterocycles. The summed E-state index contributed by atoms with van der Waals surface area (Å²) in [6.07, 6.45) is 3.40. The van der Waals surface area contributed by atoms with Gasteiger partial charge in [0.1, 0.15) is 0 Å². The van der Waals surface area contributed by atoms with E-state index >= 15 is 0 Å². The Morgan fingerprint density at radius 1 is 0.966 bits per heavy atom. The molecule has 146 valence electrons. The highest BCUT2D eigenvalue weighted by molar-refractivity contribution is 5.67. The summed E-state index contributed by atoms with van der Waals surface area (Å²) in [5, 5.41) is 17.4. The van der Waals surface area contributed by atoms with E-state index in [0.29, 0.717) is 5.95 Å². The number of anilines is 3. The maximum atomic E-state index is 9.43. The van der Waals surface area contributed by atoms with Crippen LogP contribution in [-0.2, 0) is 4.74 Å². The first-order valence-electron chi connectivity index (χ1n) is 9.46. The van der Waals surface area contributed by atoms with Crippen LogP contribution >= 0.6 is 0 Å². The summed E-state index contributed by atoms with van der Waals surface area (Å²) >= 11 is 0. The minimum atomic E-state index is -0.00765. The van der Waals surface area contributed by atoms with Crippen molar-refractivity contribution in [1.29, 1.82) is 0 Å². The Morgan fingerprint density at radius 3 is 2.69 bits per heavy atom. The molecule has 1 aliphatic rings. The highest BCUT2D eigenvalue weighted by atomic mass is 16.5. The fourth-order valence-corrected chi connectivity index (χ4v) is 3.45. The number of rotatable bonds is 4. The van der Waals surface area contributed by atoms with Crippen LogP contribution in [-0.4, -0.2) is 51.0 Å². The van der Waals surface area contributed by atoms with E-state index in [2.05, 4.69) is 37.4 Å². The van der Waals surface area contributed by atoms with Crippen LogP contribution in [0.1, 0.15) is 0 Å². The van der Waals surface area contributed by atoms with E-state index < -0.39 is 0 Å². The molecule has 4 aromatic rings. The van der Waals surface area contributed by atoms with E-state index in [4.69, 9.17) is 4.74 Å². The molecule has 8 nitrogen and oxygen atoms in total. The number of nitrogens with zero attached hydrogens (tertiary/aromatic N) is 5. The van der Waals surface area contributed by atoms with E-state index in [1.54, 1.807) is 18.5 Å². The number of aromatic nitrogens is 4. The number of benzene rings is 1. The molecule has 0 spiro atoms. The molecule has 0 unspecified atom stereocenters. The van der Waals surface area contributed by atoms with Crippen LogP contribution in [0.2, 0.25) is 0 Å². The molecule has 29 heavy (non-hydrogen) atoms. The number of pyridine rings is 1. The van der Waals surface area contributed by atoms with E-state index in [0.717, 1.165) is 54.5 Å². The monoisotopic (exact) mass is 388 g/mol. The van der Waals surface area contributed by atoms with Crippen LogP contribution in [0.3, 0.4) is 0 Å². The largest absolute Gasteiger partial charge is 0.493 e. The standard InChI is InChI=1S/C21H20N6O2/c28-20-7-4-15(13-22-20)19-6-5-18-14-23-21(25-27(18)19)24-16-2-1-3-17(12-16)26-8-10-29-11-9-26/h1-7,12-14H,8-11H2,(H,22,28)(H,24,25). The Morgan fingerprint density at radius 2 is 1.86 bits per heavy atom. The molecular weight excluding hydrogens is 368 g/mol. The quantitative estimate of drug-likeness (QED) is 0.555. The van der Waals surface area contributed by atoms with Crippen molar-refractivity contribution in [2.24, 2.45) is 0 Å². The fourth-order valence-electron chi connectivity index (χ4n) is 3.45. The first-order valence-corrected chi connectivity index (χ1v) is 9.46. The molecule has 0 saturated carbocycles. The molecule has 1 fully saturated rings. The van der Waals surface area contributed by atoms with E-state index in [9.17, 15) is 5.11 Å². The van der Waals surface area contributed by atoms with Crippen molar-refractivity contribution in [2.75, 3.05) is 36.5 Å². The third-order valence-corrected chi connectivity index (χ3v) is 4.92. The Bertz CT molecular complexity index is 1140. The van der Waals surface area contributed by atoms with Crippen molar-refractivity contribution in [3.05, 3.63) is 60.9 Å². The number of fused-ring (bicyclic) bond motifs is 1. The first-order chi connectivity index (χ1) is 14.3. The summed E-state index contributed by atoms with van der Waals surface area (Å²) < 4.78 is 7.25. The maximum absolute atomic E-state index is 9.43. The van der Waals surface area contributed by atoms with Gasteiger partial charge in [-0.15, -0.1) is 5.10 Å². The second-order valence-electron chi connectivity index (χ2n) is 6.82. The van der Waals surface area contributed by atoms with Crippen LogP contribution in [0, 0.1) is 0 Å². The second-order valence-corrected chi connectivity index (χ2v) is 6.82. The van der Waals surface area contributed by atoms with Crippen molar-refractivity contribution >= 4 is 22.8 Å². The Labute approximate surface area is 167 Å². The summed E-state index contributed by atoms with van der Waals surface area (Å²) in [5.74, 6) is 0.493. The maximum Gasteiger partial charge on any atom is 0.245 e. The molecule has 4 heterocycles. The minimum Gasteiger partial charge on any atom is -0.493 e. The van der Waals surface area contributed by atoms with Crippen LogP contribution in [0.5, 0.6) is 5.88 Å². The minimum absolute atomic E-state index is 0.00765. The summed E-state index contributed by atoms with van der Waals surface area (Å²) in [6, 6.07) is 15.5. The molecule has 5 rings (SSSR count). The average Bonchev–Trinajstić information content (AvgIpc) is 3.18. The van der Waals surface area contributed by atoms with Gasteiger partial charge in [-0.1, -0.05) is 6.07 Å². The molecule has 0 bridgehead atoms. The Hall–Kier alpha value is -3.65. The molecule has 1 aromatic carbocycles. The number of morpholine rings is 1. The number of hydrogen-bond donors (Lipinski definition) is 2. The molecule has 0 amide bonds. The van der Waals surface area contributed by atoms with E-state index in [-0.39, 0.29) is 5.88 Å². The smallest absolute Gasteiger partial charge is 0.245 e. The zero-order valence-corrected chi connectivity index (χ0v) is 15.7. The van der Waals surface area contributed by atoms with Gasteiger partial charge in [-0.05, 0) is 36.4 Å². The van der Waals surface area contributed by atoms with Gasteiger partial charge in [0.2, 0.25) is 11.8 Å². The fraction of sp³-hybridized carbons (Fsp3) is 0.190. The van der Waals surface area contributed by atoms with Gasteiger partial charge in [0.15, 0.2) is 0 Å². The van der Waals surface area contributed by atoms with E-state index in [1.165, 1.54) is 0 Å². The van der Waals surface area contributed by atoms with Crippen molar-refractivity contribution in [3.8, 4) is 17.1 Å². The number of hydrogen-bond acceptors (Lipinski definition) is 7. The van der Waals surface area contributed by atoms with Gasteiger partial charge in [0, 0.05) is 42.3 Å². The van der Waals surface area contributed by atoms with Crippen LogP contribution < -0.4 is 10.2 Å². The zero-order valence-electron chi connectivity index (χ0n) is 15.7. The summed E-state index contributed by atoms with van der Waals surface area (Å²) in [7, 11) is 0. The lowest BCUT2D eigenvalue weighted by Crippen LogP contribution is -2.36. The highest BCUT2D eigenvalue weighted by Crippen LogP contribution is 2.25. The highest BCUT2D eigenvalue weighted by Gasteiger charge is 2.12. The van der Waals surface area contributed by atoms with Crippen molar-refractivity contribution in [2.45, 2.75) is 0 Å². The van der Waals surface area contributed by atoms with Gasteiger partial charge < -0.3 is 20.1 Å². The van der Waals surface area contributed by atoms with Gasteiger partial charge in [0.25, 0.3) is 0 Å². The topological polar surface area (TPSA) is 87.8 Å². The lowest BCUT2D eigenvalue weighted by Gasteiger charge is -2.29. The second kappa shape index (κ2) is 7.40. The van der Waals surface area contributed by atoms with Gasteiger partial charge >= 0.3 is 0 Å². The van der Waals surface area contributed by atoms with Gasteiger partial charge in [0.05, 0.1) is 30.6 Å². The van der Waals surface area contributed by atoms with Crippen LogP contribution in [0.15, 0.2) is 60.9 Å². The van der Waals surface area contributed by atoms with Crippen LogP contribution in [0.4, 0.5) is 17.3 Å². The third kappa shape index (κ3) is 3.57. The van der Waals surface area contributed by atoms with Gasteiger partial charge in [-0.3, -0.25) is 0 Å². The SMILES string of the molecule is Oc1ccc(-c2ccc3cnc(Nc4cccc(N5CCOCC5)c4)nn23)cn1. The third-order valence-electron chi connectivity index (χ3n) is 4.92. The van der Waals surface area contributed by atoms with Gasteiger partial charge in [-0.2, -0.15) is 0 Å². The van der Waals surface area contributed by atoms with E-state index in [1.807, 2.05) is 34.8 Å². The summed E-state index contributed by atoms with van der Waals surface area (Å²) in [6.45, 7) is 3.28. The number of nitrogens with one attached hydrogen (secondary N) is 1. The first kappa shape index (κ1) is 17.4. The predicted molar refractivity (Wildman–Crippen MR) is 111 cm³/mol. The number of ether oxygens (including phenoxy) is 1. The molecule has 8 heteroatoms. The molecule has 0 radical (unpaired) electrons. The molecule has 1 saturated heterocycles. The molecule has 2 N–H and O–H groups in total. The number of aromatic hydroxyl groups is 1. The Kier molecular flexibility index (Phi) is 4.45. The molecule has 0 aliphatic carbocycles. The molecule has 0 atom stereocenters. The summed E-state index contributed by atoms with van der Waals surface area (Å²) in [5.41, 5.74) is 4.69. The van der Waals surface area contributed by atoms with Crippen molar-refractivity contribution < 1.29 is 9.84 Å². The zero-order chi connectivity index (χ0) is 19.6. The van der Waals surface area contributed by atoms with Gasteiger partial charge in [-0.25, -0.2) is 14.5 Å². The predicted octanol–water partition coefficient (Wildman–Crippen LogP) is 3.08. The lowest BCUT2D eigenvalue weighted by atomic mass is 10.2.